The normalized spacial score (nSPS) is 12.0. The maximum absolute atomic E-state index is 4.51. The molecule has 0 saturated heterocycles. The van der Waals surface area contributed by atoms with E-state index in [1.807, 2.05) is 18.3 Å². The fraction of sp³-hybridized carbons (Fsp3) is 0.0417. The van der Waals surface area contributed by atoms with Crippen molar-refractivity contribution in [1.29, 1.82) is 0 Å². The Hall–Kier alpha value is -2.89. The molecule has 0 aliphatic heterocycles. The molecule has 2 aromatic heterocycles. The molecule has 0 N–H and O–H groups in total. The third-order valence-corrected chi connectivity index (χ3v) is 7.33. The largest absolute Gasteiger partial charge is 0.256 e. The van der Waals surface area contributed by atoms with Crippen LogP contribution < -0.4 is 0 Å². The van der Waals surface area contributed by atoms with Gasteiger partial charge in [0.05, 0.1) is 5.69 Å². The summed E-state index contributed by atoms with van der Waals surface area (Å²) in [6.45, 7) is 2.38. The van der Waals surface area contributed by atoms with Crippen LogP contribution in [0.5, 0.6) is 0 Å². The van der Waals surface area contributed by atoms with E-state index in [0.29, 0.717) is 0 Å². The molecule has 0 radical (unpaired) electrons. The molecule has 1 unspecified atom stereocenters. The van der Waals surface area contributed by atoms with Crippen LogP contribution in [-0.4, -0.2) is 4.98 Å². The van der Waals surface area contributed by atoms with Gasteiger partial charge < -0.3 is 0 Å². The van der Waals surface area contributed by atoms with Crippen molar-refractivity contribution in [1.82, 2.24) is 4.98 Å². The second kappa shape index (κ2) is 6.12. The Morgan fingerprint density at radius 2 is 1.46 bits per heavy atom. The number of hydrogen-bond acceptors (Lipinski definition) is 1. The van der Waals surface area contributed by atoms with Gasteiger partial charge in [-0.2, -0.15) is 0 Å². The van der Waals surface area contributed by atoms with E-state index in [-0.39, 0.29) is 7.53 Å². The number of rotatable bonds is 2. The first-order valence-corrected chi connectivity index (χ1v) is 10.6. The van der Waals surface area contributed by atoms with Gasteiger partial charge in [-0.05, 0) is 46.8 Å². The quantitative estimate of drug-likeness (QED) is 0.326. The Bertz CT molecular complexity index is 1240. The van der Waals surface area contributed by atoms with Gasteiger partial charge in [0.1, 0.15) is 0 Å². The molecule has 1 atom stereocenters. The molecule has 1 nitrogen and oxygen atoms in total. The summed E-state index contributed by atoms with van der Waals surface area (Å²) in [5.41, 5.74) is 4.80. The molecule has 2 heterocycles. The molecule has 0 spiro atoms. The van der Waals surface area contributed by atoms with Crippen molar-refractivity contribution in [3.63, 3.8) is 0 Å². The van der Waals surface area contributed by atoms with E-state index < -0.39 is 0 Å². The van der Waals surface area contributed by atoms with Crippen molar-refractivity contribution in [2.24, 2.45) is 6.66 Å². The molecule has 2 heteroatoms. The van der Waals surface area contributed by atoms with E-state index >= 15 is 0 Å². The van der Waals surface area contributed by atoms with Gasteiger partial charge in [-0.3, -0.25) is 4.98 Å². The molecule has 26 heavy (non-hydrogen) atoms. The van der Waals surface area contributed by atoms with Crippen LogP contribution in [0.15, 0.2) is 91.1 Å². The Morgan fingerprint density at radius 3 is 2.35 bits per heavy atom. The molecular weight excluding hydrogens is 333 g/mol. The average molecular weight is 351 g/mol. The first-order valence-electron chi connectivity index (χ1n) is 8.81. The maximum Gasteiger partial charge on any atom is 0.0702 e. The molecule has 5 aromatic rings. The van der Waals surface area contributed by atoms with E-state index in [0.717, 1.165) is 11.3 Å². The number of pyridine rings is 1. The van der Waals surface area contributed by atoms with Gasteiger partial charge in [-0.15, -0.1) is 7.53 Å². The second-order valence-corrected chi connectivity index (χ2v) is 8.62. The lowest BCUT2D eigenvalue weighted by molar-refractivity contribution is 1.33. The van der Waals surface area contributed by atoms with E-state index in [1.165, 1.54) is 32.1 Å². The highest BCUT2D eigenvalue weighted by Gasteiger charge is 2.13. The minimum Gasteiger partial charge on any atom is -0.256 e. The van der Waals surface area contributed by atoms with Crippen LogP contribution >= 0.6 is 7.53 Å². The summed E-state index contributed by atoms with van der Waals surface area (Å²) in [5.74, 6) is 0. The molecule has 0 saturated carbocycles. The Morgan fingerprint density at radius 1 is 0.692 bits per heavy atom. The average Bonchev–Trinajstić information content (AvgIpc) is 3.02. The molecule has 3 aromatic carbocycles. The third-order valence-electron chi connectivity index (χ3n) is 5.06. The zero-order valence-electron chi connectivity index (χ0n) is 14.6. The standard InChI is InChI=1S/C24H18NP/c1-26-23-14-3-2-10-20(23)21-12-7-11-19(24(21)26)17-8-6-9-18(16-17)22-13-4-5-15-25-22/h2-16H,1H3. The lowest BCUT2D eigenvalue weighted by Crippen LogP contribution is -1.84. The SMILES string of the molecule is Cp1c2ccccc2c2cccc(-c3cccc(-c4ccccn4)c3)c21. The van der Waals surface area contributed by atoms with Gasteiger partial charge in [0.15, 0.2) is 0 Å². The second-order valence-electron chi connectivity index (χ2n) is 6.57. The van der Waals surface area contributed by atoms with Gasteiger partial charge in [0.25, 0.3) is 0 Å². The van der Waals surface area contributed by atoms with Gasteiger partial charge >= 0.3 is 0 Å². The van der Waals surface area contributed by atoms with Gasteiger partial charge in [0.2, 0.25) is 0 Å². The van der Waals surface area contributed by atoms with Crippen LogP contribution in [0, 0.1) is 0 Å². The highest BCUT2D eigenvalue weighted by molar-refractivity contribution is 7.60. The molecule has 124 valence electrons. The molecule has 5 rings (SSSR count). The summed E-state index contributed by atoms with van der Waals surface area (Å²) in [5, 5.41) is 5.79. The Balaban J connectivity index is 1.78. The van der Waals surface area contributed by atoms with Crippen molar-refractivity contribution in [3.8, 4) is 22.4 Å². The molecule has 0 aliphatic rings. The van der Waals surface area contributed by atoms with Crippen LogP contribution in [-0.2, 0) is 6.66 Å². The fourth-order valence-electron chi connectivity index (χ4n) is 3.85. The highest BCUT2D eigenvalue weighted by atomic mass is 31.1. The Labute approximate surface area is 154 Å². The first kappa shape index (κ1) is 15.4. The van der Waals surface area contributed by atoms with Crippen LogP contribution in [0.4, 0.5) is 0 Å². The van der Waals surface area contributed by atoms with E-state index in [1.54, 1.807) is 0 Å². The molecular formula is C24H18NP. The topological polar surface area (TPSA) is 12.9 Å². The van der Waals surface area contributed by atoms with Crippen LogP contribution in [0.2, 0.25) is 0 Å². The van der Waals surface area contributed by atoms with Crippen LogP contribution in [0.3, 0.4) is 0 Å². The monoisotopic (exact) mass is 351 g/mol. The number of nitrogens with zero attached hydrogens (tertiary/aromatic N) is 1. The summed E-state index contributed by atoms with van der Waals surface area (Å²) in [4.78, 5) is 4.51. The minimum atomic E-state index is -0.321. The smallest absolute Gasteiger partial charge is 0.0702 e. The number of benzene rings is 3. The Kier molecular flexibility index (Phi) is 3.62. The predicted octanol–water partition coefficient (Wildman–Crippen LogP) is 7.25. The van der Waals surface area contributed by atoms with Crippen molar-refractivity contribution in [3.05, 3.63) is 91.1 Å². The first-order chi connectivity index (χ1) is 12.8. The summed E-state index contributed by atoms with van der Waals surface area (Å²) >= 11 is 0. The minimum absolute atomic E-state index is 0.321. The van der Waals surface area contributed by atoms with Crippen LogP contribution in [0.1, 0.15) is 0 Å². The lowest BCUT2D eigenvalue weighted by Gasteiger charge is -2.08. The lowest BCUT2D eigenvalue weighted by atomic mass is 10.00. The maximum atomic E-state index is 4.51. The third kappa shape index (κ3) is 2.36. The predicted molar refractivity (Wildman–Crippen MR) is 114 cm³/mol. The fourth-order valence-corrected chi connectivity index (χ4v) is 6.08. The number of aryl methyl sites for hydroxylation is 1. The molecule has 0 aliphatic carbocycles. The summed E-state index contributed by atoms with van der Waals surface area (Å²) in [6.07, 6.45) is 1.85. The number of aromatic nitrogens is 1. The van der Waals surface area contributed by atoms with E-state index in [9.17, 15) is 0 Å². The molecule has 0 fully saturated rings. The summed E-state index contributed by atoms with van der Waals surface area (Å²) < 4.78 is 0. The van der Waals surface area contributed by atoms with Gasteiger partial charge in [-0.25, -0.2) is 0 Å². The summed E-state index contributed by atoms with van der Waals surface area (Å²) in [6, 6.07) is 30.4. The van der Waals surface area contributed by atoms with E-state index in [4.69, 9.17) is 0 Å². The van der Waals surface area contributed by atoms with Crippen LogP contribution in [0.25, 0.3) is 43.4 Å². The van der Waals surface area contributed by atoms with Crippen molar-refractivity contribution < 1.29 is 0 Å². The van der Waals surface area contributed by atoms with Crippen molar-refractivity contribution in [2.45, 2.75) is 0 Å². The van der Waals surface area contributed by atoms with Crippen molar-refractivity contribution in [2.75, 3.05) is 0 Å². The van der Waals surface area contributed by atoms with Crippen molar-refractivity contribution >= 4 is 28.5 Å². The number of hydrogen-bond donors (Lipinski definition) is 0. The zero-order valence-corrected chi connectivity index (χ0v) is 15.4. The summed E-state index contributed by atoms with van der Waals surface area (Å²) in [7, 11) is -0.321. The zero-order chi connectivity index (χ0) is 17.5. The van der Waals surface area contributed by atoms with Gasteiger partial charge in [0, 0.05) is 22.0 Å². The number of fused-ring (bicyclic) bond motifs is 3. The van der Waals surface area contributed by atoms with Gasteiger partial charge in [-0.1, -0.05) is 66.7 Å². The van der Waals surface area contributed by atoms with E-state index in [2.05, 4.69) is 84.4 Å². The molecule has 0 bridgehead atoms. The molecule has 0 amide bonds. The highest BCUT2D eigenvalue weighted by Crippen LogP contribution is 2.50.